The van der Waals surface area contributed by atoms with Crippen molar-refractivity contribution in [3.05, 3.63) is 71.3 Å². The van der Waals surface area contributed by atoms with Crippen molar-refractivity contribution in [2.75, 3.05) is 0 Å². The molecule has 0 aliphatic rings. The lowest BCUT2D eigenvalue weighted by Crippen LogP contribution is -2.36. The molecule has 0 heterocycles. The molecule has 120 valence electrons. The van der Waals surface area contributed by atoms with Gasteiger partial charge in [0.25, 0.3) is 0 Å². The number of aryl methyl sites for hydroxylation is 1. The molecule has 0 radical (unpaired) electrons. The Morgan fingerprint density at radius 2 is 1.70 bits per heavy atom. The summed E-state index contributed by atoms with van der Waals surface area (Å²) in [6, 6.07) is 16.2. The number of benzene rings is 2. The molecule has 2 aromatic carbocycles. The summed E-state index contributed by atoms with van der Waals surface area (Å²) in [7, 11) is 0. The molecule has 5 heteroatoms. The Hall–Kier alpha value is -2.82. The summed E-state index contributed by atoms with van der Waals surface area (Å²) in [6.07, 6.45) is 0.138. The predicted octanol–water partition coefficient (Wildman–Crippen LogP) is 2.41. The van der Waals surface area contributed by atoms with Gasteiger partial charge in [-0.25, -0.2) is 4.79 Å². The van der Waals surface area contributed by atoms with Crippen molar-refractivity contribution in [3.63, 3.8) is 0 Å². The lowest BCUT2D eigenvalue weighted by atomic mass is 10.0. The third-order valence-electron chi connectivity index (χ3n) is 3.52. The average molecular weight is 311 g/mol. The predicted molar refractivity (Wildman–Crippen MR) is 89.5 cm³/mol. The highest BCUT2D eigenvalue weighted by molar-refractivity contribution is 5.78. The number of carbonyl (C=O) groups is 2. The van der Waals surface area contributed by atoms with Crippen molar-refractivity contribution in [2.24, 2.45) is 5.73 Å². The molecule has 3 amide bonds. The quantitative estimate of drug-likeness (QED) is 0.765. The van der Waals surface area contributed by atoms with Crippen molar-refractivity contribution in [3.8, 4) is 0 Å². The van der Waals surface area contributed by atoms with E-state index in [4.69, 9.17) is 5.73 Å². The second kappa shape index (κ2) is 7.98. The van der Waals surface area contributed by atoms with E-state index < -0.39 is 12.1 Å². The van der Waals surface area contributed by atoms with Crippen LogP contribution in [-0.2, 0) is 11.3 Å². The van der Waals surface area contributed by atoms with E-state index in [0.29, 0.717) is 6.54 Å². The van der Waals surface area contributed by atoms with Gasteiger partial charge in [0, 0.05) is 6.54 Å². The molecule has 0 aliphatic carbocycles. The number of rotatable bonds is 6. The molecule has 23 heavy (non-hydrogen) atoms. The molecule has 0 saturated heterocycles. The van der Waals surface area contributed by atoms with Crippen molar-refractivity contribution >= 4 is 11.9 Å². The first kappa shape index (κ1) is 16.5. The van der Waals surface area contributed by atoms with Crippen LogP contribution in [0.2, 0.25) is 0 Å². The van der Waals surface area contributed by atoms with E-state index in [-0.39, 0.29) is 12.3 Å². The molecule has 1 unspecified atom stereocenters. The van der Waals surface area contributed by atoms with Gasteiger partial charge in [0.15, 0.2) is 0 Å². The maximum Gasteiger partial charge on any atom is 0.312 e. The van der Waals surface area contributed by atoms with Gasteiger partial charge in [-0.3, -0.25) is 4.79 Å². The number of primary amides is 1. The molecule has 0 saturated carbocycles. The van der Waals surface area contributed by atoms with Crippen LogP contribution in [0.5, 0.6) is 0 Å². The van der Waals surface area contributed by atoms with Gasteiger partial charge >= 0.3 is 6.03 Å². The first-order valence-electron chi connectivity index (χ1n) is 7.48. The molecule has 5 nitrogen and oxygen atoms in total. The fourth-order valence-electron chi connectivity index (χ4n) is 2.27. The first-order chi connectivity index (χ1) is 11.0. The monoisotopic (exact) mass is 311 g/mol. The lowest BCUT2D eigenvalue weighted by molar-refractivity contribution is -0.121. The zero-order valence-electron chi connectivity index (χ0n) is 13.1. The van der Waals surface area contributed by atoms with Crippen LogP contribution < -0.4 is 16.4 Å². The summed E-state index contributed by atoms with van der Waals surface area (Å²) in [6.45, 7) is 2.47. The maximum atomic E-state index is 12.1. The summed E-state index contributed by atoms with van der Waals surface area (Å²) < 4.78 is 0. The van der Waals surface area contributed by atoms with E-state index in [1.807, 2.05) is 61.5 Å². The van der Waals surface area contributed by atoms with Gasteiger partial charge < -0.3 is 16.4 Å². The van der Waals surface area contributed by atoms with Crippen LogP contribution in [0.3, 0.4) is 0 Å². The number of amides is 3. The Bertz CT molecular complexity index is 654. The van der Waals surface area contributed by atoms with Crippen LogP contribution in [0, 0.1) is 6.92 Å². The highest BCUT2D eigenvalue weighted by Gasteiger charge is 2.17. The van der Waals surface area contributed by atoms with Crippen molar-refractivity contribution in [1.82, 2.24) is 10.6 Å². The normalized spacial score (nSPS) is 11.5. The van der Waals surface area contributed by atoms with Gasteiger partial charge in [-0.1, -0.05) is 60.2 Å². The second-order valence-corrected chi connectivity index (χ2v) is 5.44. The maximum absolute atomic E-state index is 12.1. The van der Waals surface area contributed by atoms with Gasteiger partial charge in [-0.15, -0.1) is 0 Å². The Balaban J connectivity index is 1.94. The molecule has 4 N–H and O–H groups in total. The Morgan fingerprint density at radius 3 is 2.30 bits per heavy atom. The van der Waals surface area contributed by atoms with Crippen LogP contribution in [-0.4, -0.2) is 11.9 Å². The van der Waals surface area contributed by atoms with Crippen LogP contribution >= 0.6 is 0 Å². The van der Waals surface area contributed by atoms with E-state index in [9.17, 15) is 9.59 Å². The summed E-state index contributed by atoms with van der Waals surface area (Å²) in [4.78, 5) is 23.3. The lowest BCUT2D eigenvalue weighted by Gasteiger charge is -2.17. The Morgan fingerprint density at radius 1 is 1.04 bits per heavy atom. The molecule has 0 bridgehead atoms. The molecule has 1 atom stereocenters. The van der Waals surface area contributed by atoms with Crippen LogP contribution in [0.1, 0.15) is 29.2 Å². The van der Waals surface area contributed by atoms with Crippen LogP contribution in [0.4, 0.5) is 4.79 Å². The molecule has 0 fully saturated rings. The number of hydrogen-bond donors (Lipinski definition) is 3. The zero-order chi connectivity index (χ0) is 16.7. The third-order valence-corrected chi connectivity index (χ3v) is 3.52. The highest BCUT2D eigenvalue weighted by atomic mass is 16.2. The Labute approximate surface area is 135 Å². The van der Waals surface area contributed by atoms with Crippen molar-refractivity contribution in [1.29, 1.82) is 0 Å². The minimum Gasteiger partial charge on any atom is -0.352 e. The molecule has 2 aromatic rings. The highest BCUT2D eigenvalue weighted by Crippen LogP contribution is 2.16. The van der Waals surface area contributed by atoms with Gasteiger partial charge in [0.2, 0.25) is 5.91 Å². The number of nitrogens with one attached hydrogen (secondary N) is 2. The largest absolute Gasteiger partial charge is 0.352 e. The van der Waals surface area contributed by atoms with Crippen LogP contribution in [0.25, 0.3) is 0 Å². The number of carbonyl (C=O) groups excluding carboxylic acids is 2. The first-order valence-corrected chi connectivity index (χ1v) is 7.48. The molecule has 0 spiro atoms. The number of nitrogens with two attached hydrogens (primary N) is 1. The van der Waals surface area contributed by atoms with E-state index in [0.717, 1.165) is 11.1 Å². The number of hydrogen-bond acceptors (Lipinski definition) is 2. The molecule has 2 rings (SSSR count). The molecule has 0 aromatic heterocycles. The Kier molecular flexibility index (Phi) is 5.74. The summed E-state index contributed by atoms with van der Waals surface area (Å²) in [5.74, 6) is -0.145. The standard InChI is InChI=1S/C18H21N3O2/c1-13-7-9-14(10-8-13)12-20-17(22)11-16(21-18(19)23)15-5-3-2-4-6-15/h2-10,16H,11-12H2,1H3,(H,20,22)(H3,19,21,23). The number of urea groups is 1. The zero-order valence-corrected chi connectivity index (χ0v) is 13.1. The summed E-state index contributed by atoms with van der Waals surface area (Å²) in [5.41, 5.74) is 8.25. The van der Waals surface area contributed by atoms with E-state index >= 15 is 0 Å². The van der Waals surface area contributed by atoms with E-state index in [1.165, 1.54) is 5.56 Å². The summed E-state index contributed by atoms with van der Waals surface area (Å²) >= 11 is 0. The van der Waals surface area contributed by atoms with Gasteiger partial charge in [-0.05, 0) is 18.1 Å². The SMILES string of the molecule is Cc1ccc(CNC(=O)CC(NC(N)=O)c2ccccc2)cc1. The molecule has 0 aliphatic heterocycles. The third kappa shape index (κ3) is 5.47. The fourth-order valence-corrected chi connectivity index (χ4v) is 2.27. The van der Waals surface area contributed by atoms with Gasteiger partial charge in [0.1, 0.15) is 0 Å². The van der Waals surface area contributed by atoms with Crippen molar-refractivity contribution < 1.29 is 9.59 Å². The van der Waals surface area contributed by atoms with E-state index in [1.54, 1.807) is 0 Å². The summed E-state index contributed by atoms with van der Waals surface area (Å²) in [5, 5.41) is 5.47. The fraction of sp³-hybridized carbons (Fsp3) is 0.222. The molecular weight excluding hydrogens is 290 g/mol. The second-order valence-electron chi connectivity index (χ2n) is 5.44. The van der Waals surface area contributed by atoms with Crippen molar-refractivity contribution in [2.45, 2.75) is 25.9 Å². The average Bonchev–Trinajstić information content (AvgIpc) is 2.54. The van der Waals surface area contributed by atoms with Gasteiger partial charge in [0.05, 0.1) is 12.5 Å². The molecular formula is C18H21N3O2. The smallest absolute Gasteiger partial charge is 0.312 e. The topological polar surface area (TPSA) is 84.2 Å². The van der Waals surface area contributed by atoms with Crippen LogP contribution in [0.15, 0.2) is 54.6 Å². The minimum absolute atomic E-state index is 0.138. The van der Waals surface area contributed by atoms with Gasteiger partial charge in [-0.2, -0.15) is 0 Å². The van der Waals surface area contributed by atoms with E-state index in [2.05, 4.69) is 10.6 Å². The minimum atomic E-state index is -0.648.